The molecule has 0 aliphatic carbocycles. The quantitative estimate of drug-likeness (QED) is 0.605. The molecule has 0 fully saturated rings. The molecule has 1 amide bonds. The summed E-state index contributed by atoms with van der Waals surface area (Å²) < 4.78 is 5.22. The van der Waals surface area contributed by atoms with E-state index in [-0.39, 0.29) is 5.91 Å². The highest BCUT2D eigenvalue weighted by molar-refractivity contribution is 7.99. The van der Waals surface area contributed by atoms with Gasteiger partial charge in [-0.3, -0.25) is 4.79 Å². The summed E-state index contributed by atoms with van der Waals surface area (Å²) in [5.41, 5.74) is 5.05. The minimum atomic E-state index is -0.0244. The van der Waals surface area contributed by atoms with Crippen molar-refractivity contribution in [2.24, 2.45) is 0 Å². The van der Waals surface area contributed by atoms with E-state index >= 15 is 0 Å². The molecule has 0 radical (unpaired) electrons. The van der Waals surface area contributed by atoms with Crippen molar-refractivity contribution >= 4 is 34.4 Å². The number of benzene rings is 2. The number of ether oxygens (including phenoxy) is 1. The molecule has 0 unspecified atom stereocenters. The van der Waals surface area contributed by atoms with Gasteiger partial charge >= 0.3 is 0 Å². The molecule has 0 aliphatic heterocycles. The van der Waals surface area contributed by atoms with Crippen LogP contribution < -0.4 is 10.1 Å². The van der Waals surface area contributed by atoms with Crippen molar-refractivity contribution in [3.8, 4) is 5.75 Å². The minimum Gasteiger partial charge on any atom is -0.497 e. The summed E-state index contributed by atoms with van der Waals surface area (Å²) in [7, 11) is 1.64. The number of methoxy groups -OCH3 is 1. The van der Waals surface area contributed by atoms with Gasteiger partial charge < -0.3 is 15.0 Å². The molecule has 0 saturated heterocycles. The Kier molecular flexibility index (Phi) is 5.83. The number of amides is 1. The largest absolute Gasteiger partial charge is 0.497 e. The van der Waals surface area contributed by atoms with Crippen LogP contribution in [0.15, 0.2) is 41.6 Å². The number of fused-ring (bicyclic) bond motifs is 1. The smallest absolute Gasteiger partial charge is 0.234 e. The van der Waals surface area contributed by atoms with Gasteiger partial charge in [-0.15, -0.1) is 0 Å². The molecule has 26 heavy (non-hydrogen) atoms. The number of imidazole rings is 1. The lowest BCUT2D eigenvalue weighted by atomic mass is 10.0. The average Bonchev–Trinajstić information content (AvgIpc) is 3.08. The highest BCUT2D eigenvalue weighted by atomic mass is 32.2. The number of thioether (sulfide) groups is 1. The van der Waals surface area contributed by atoms with Crippen molar-refractivity contribution in [1.82, 2.24) is 9.97 Å². The van der Waals surface area contributed by atoms with E-state index in [9.17, 15) is 4.79 Å². The van der Waals surface area contributed by atoms with Gasteiger partial charge in [0.15, 0.2) is 5.16 Å². The number of para-hydroxylation sites is 1. The molecule has 3 rings (SSSR count). The number of nitrogens with zero attached hydrogens (tertiary/aromatic N) is 1. The standard InChI is InChI=1S/C20H23N3O2S/c1-4-13-7-6-8-14(5-2)19(13)23-18(24)12-26-20-21-16-10-9-15(25-3)11-17(16)22-20/h6-11H,4-5,12H2,1-3H3,(H,21,22)(H,23,24). The van der Waals surface area contributed by atoms with Gasteiger partial charge in [-0.25, -0.2) is 4.98 Å². The normalized spacial score (nSPS) is 10.9. The molecule has 0 spiro atoms. The van der Waals surface area contributed by atoms with Crippen molar-refractivity contribution < 1.29 is 9.53 Å². The third-order valence-electron chi connectivity index (χ3n) is 4.27. The molecular weight excluding hydrogens is 346 g/mol. The summed E-state index contributed by atoms with van der Waals surface area (Å²) in [5.74, 6) is 1.06. The molecular formula is C20H23N3O2S. The van der Waals surface area contributed by atoms with Gasteiger partial charge in [-0.2, -0.15) is 0 Å². The lowest BCUT2D eigenvalue weighted by Gasteiger charge is -2.14. The van der Waals surface area contributed by atoms with Gasteiger partial charge in [-0.1, -0.05) is 43.8 Å². The van der Waals surface area contributed by atoms with Crippen LogP contribution in [-0.2, 0) is 17.6 Å². The van der Waals surface area contributed by atoms with Gasteiger partial charge in [-0.05, 0) is 36.1 Å². The second kappa shape index (κ2) is 8.27. The molecule has 2 aromatic carbocycles. The van der Waals surface area contributed by atoms with E-state index in [1.807, 2.05) is 24.3 Å². The molecule has 136 valence electrons. The minimum absolute atomic E-state index is 0.0244. The third kappa shape index (κ3) is 4.02. The Morgan fingerprint density at radius 3 is 2.58 bits per heavy atom. The van der Waals surface area contributed by atoms with Gasteiger partial charge in [0.2, 0.25) is 5.91 Å². The van der Waals surface area contributed by atoms with Gasteiger partial charge in [0.25, 0.3) is 0 Å². The van der Waals surface area contributed by atoms with Crippen LogP contribution >= 0.6 is 11.8 Å². The lowest BCUT2D eigenvalue weighted by molar-refractivity contribution is -0.113. The number of rotatable bonds is 7. The van der Waals surface area contributed by atoms with E-state index in [4.69, 9.17) is 4.74 Å². The van der Waals surface area contributed by atoms with Crippen LogP contribution in [0.1, 0.15) is 25.0 Å². The van der Waals surface area contributed by atoms with Crippen molar-refractivity contribution in [2.75, 3.05) is 18.2 Å². The zero-order valence-corrected chi connectivity index (χ0v) is 16.1. The maximum Gasteiger partial charge on any atom is 0.234 e. The Hall–Kier alpha value is -2.47. The van der Waals surface area contributed by atoms with E-state index in [0.717, 1.165) is 40.5 Å². The number of H-pyrrole nitrogens is 1. The zero-order chi connectivity index (χ0) is 18.5. The number of carbonyl (C=O) groups is 1. The number of hydrogen-bond donors (Lipinski definition) is 2. The van der Waals surface area contributed by atoms with Crippen LogP contribution in [0.4, 0.5) is 5.69 Å². The summed E-state index contributed by atoms with van der Waals surface area (Å²) in [4.78, 5) is 20.2. The summed E-state index contributed by atoms with van der Waals surface area (Å²) in [6, 6.07) is 11.9. The van der Waals surface area contributed by atoms with Crippen molar-refractivity contribution in [3.63, 3.8) is 0 Å². The van der Waals surface area contributed by atoms with Crippen molar-refractivity contribution in [2.45, 2.75) is 31.8 Å². The number of aryl methyl sites for hydroxylation is 2. The Morgan fingerprint density at radius 1 is 1.19 bits per heavy atom. The van der Waals surface area contributed by atoms with Crippen LogP contribution in [0.25, 0.3) is 11.0 Å². The molecule has 0 atom stereocenters. The SMILES string of the molecule is CCc1cccc(CC)c1NC(=O)CSc1nc2ccc(OC)cc2[nH]1. The Labute approximate surface area is 157 Å². The predicted molar refractivity (Wildman–Crippen MR) is 107 cm³/mol. The highest BCUT2D eigenvalue weighted by Gasteiger charge is 2.12. The van der Waals surface area contributed by atoms with Crippen LogP contribution in [-0.4, -0.2) is 28.7 Å². The number of aromatic nitrogens is 2. The monoisotopic (exact) mass is 369 g/mol. The molecule has 1 heterocycles. The molecule has 2 N–H and O–H groups in total. The van der Waals surface area contributed by atoms with Crippen LogP contribution in [0.5, 0.6) is 5.75 Å². The molecule has 0 saturated carbocycles. The third-order valence-corrected chi connectivity index (χ3v) is 5.14. The Morgan fingerprint density at radius 2 is 1.92 bits per heavy atom. The molecule has 0 aliphatic rings. The maximum absolute atomic E-state index is 12.4. The van der Waals surface area contributed by atoms with E-state index in [1.165, 1.54) is 22.9 Å². The van der Waals surface area contributed by atoms with Crippen LogP contribution in [0.2, 0.25) is 0 Å². The number of carbonyl (C=O) groups excluding carboxylic acids is 1. The first-order valence-electron chi connectivity index (χ1n) is 8.71. The number of anilines is 1. The molecule has 0 bridgehead atoms. The van der Waals surface area contributed by atoms with E-state index in [1.54, 1.807) is 7.11 Å². The fourth-order valence-corrected chi connectivity index (χ4v) is 3.56. The first-order chi connectivity index (χ1) is 12.6. The van der Waals surface area contributed by atoms with E-state index in [2.05, 4.69) is 41.3 Å². The van der Waals surface area contributed by atoms with Gasteiger partial charge in [0.05, 0.1) is 23.9 Å². The fraction of sp³-hybridized carbons (Fsp3) is 0.300. The molecule has 5 nitrogen and oxygen atoms in total. The summed E-state index contributed by atoms with van der Waals surface area (Å²) in [5, 5.41) is 3.81. The van der Waals surface area contributed by atoms with Crippen molar-refractivity contribution in [3.05, 3.63) is 47.5 Å². The summed E-state index contributed by atoms with van der Waals surface area (Å²) in [6.45, 7) is 4.20. The number of nitrogens with one attached hydrogen (secondary N) is 2. The first-order valence-corrected chi connectivity index (χ1v) is 9.70. The molecule has 6 heteroatoms. The second-order valence-corrected chi connectivity index (χ2v) is 6.88. The molecule has 3 aromatic rings. The second-order valence-electron chi connectivity index (χ2n) is 5.92. The van der Waals surface area contributed by atoms with Gasteiger partial charge in [0.1, 0.15) is 5.75 Å². The number of hydrogen-bond acceptors (Lipinski definition) is 4. The lowest BCUT2D eigenvalue weighted by Crippen LogP contribution is -2.16. The average molecular weight is 369 g/mol. The van der Waals surface area contributed by atoms with Crippen LogP contribution in [0.3, 0.4) is 0 Å². The summed E-state index contributed by atoms with van der Waals surface area (Å²) >= 11 is 1.39. The molecule has 1 aromatic heterocycles. The topological polar surface area (TPSA) is 67.0 Å². The Balaban J connectivity index is 1.68. The fourth-order valence-electron chi connectivity index (χ4n) is 2.87. The number of aromatic amines is 1. The van der Waals surface area contributed by atoms with Crippen molar-refractivity contribution in [1.29, 1.82) is 0 Å². The van der Waals surface area contributed by atoms with E-state index in [0.29, 0.717) is 5.75 Å². The predicted octanol–water partition coefficient (Wildman–Crippen LogP) is 4.43. The van der Waals surface area contributed by atoms with E-state index < -0.39 is 0 Å². The van der Waals surface area contributed by atoms with Gasteiger partial charge in [0, 0.05) is 11.8 Å². The first kappa shape index (κ1) is 18.3. The Bertz CT molecular complexity index is 898. The van der Waals surface area contributed by atoms with Crippen LogP contribution in [0, 0.1) is 0 Å². The summed E-state index contributed by atoms with van der Waals surface area (Å²) in [6.07, 6.45) is 1.78. The zero-order valence-electron chi connectivity index (χ0n) is 15.3. The highest BCUT2D eigenvalue weighted by Crippen LogP contribution is 2.25. The maximum atomic E-state index is 12.4.